The average molecular weight is 276 g/mol. The van der Waals surface area contributed by atoms with Crippen molar-refractivity contribution in [1.82, 2.24) is 10.2 Å². The average Bonchev–Trinajstić information content (AvgIpc) is 2.81. The lowest BCUT2D eigenvalue weighted by Crippen LogP contribution is -2.37. The number of carbonyl (C=O) groups excluding carboxylic acids is 1. The van der Waals surface area contributed by atoms with E-state index in [2.05, 4.69) is 25.2 Å². The van der Waals surface area contributed by atoms with E-state index in [1.165, 1.54) is 0 Å². The van der Waals surface area contributed by atoms with E-state index in [0.29, 0.717) is 6.54 Å². The molecular weight excluding hydrogens is 252 g/mol. The summed E-state index contributed by atoms with van der Waals surface area (Å²) in [5.74, 6) is 1.07. The third-order valence-corrected chi connectivity index (χ3v) is 3.93. The molecule has 1 N–H and O–H groups in total. The first kappa shape index (κ1) is 14.9. The van der Waals surface area contributed by atoms with Gasteiger partial charge in [-0.05, 0) is 43.5 Å². The van der Waals surface area contributed by atoms with E-state index in [0.717, 1.165) is 29.7 Å². The zero-order valence-electron chi connectivity index (χ0n) is 12.8. The molecule has 1 fully saturated rings. The van der Waals surface area contributed by atoms with Crippen molar-refractivity contribution in [2.45, 2.75) is 45.8 Å². The van der Waals surface area contributed by atoms with Gasteiger partial charge in [0, 0.05) is 6.04 Å². The van der Waals surface area contributed by atoms with Crippen LogP contribution in [0.1, 0.15) is 44.0 Å². The summed E-state index contributed by atoms with van der Waals surface area (Å²) in [6.45, 7) is 6.72. The second-order valence-corrected chi connectivity index (χ2v) is 5.45. The molecule has 0 bridgehead atoms. The number of nitrogens with one attached hydrogen (secondary N) is 1. The van der Waals surface area contributed by atoms with Crippen LogP contribution in [0.5, 0.6) is 5.75 Å². The monoisotopic (exact) mass is 276 g/mol. The fourth-order valence-electron chi connectivity index (χ4n) is 2.92. The van der Waals surface area contributed by atoms with E-state index in [-0.39, 0.29) is 18.1 Å². The number of aryl methyl sites for hydroxylation is 1. The van der Waals surface area contributed by atoms with Gasteiger partial charge in [0.15, 0.2) is 0 Å². The Bertz CT molecular complexity index is 487. The minimum absolute atomic E-state index is 0.0198. The molecule has 1 aromatic rings. The number of ether oxygens (including phenoxy) is 1. The van der Waals surface area contributed by atoms with Gasteiger partial charge < -0.3 is 9.64 Å². The normalized spacial score (nSPS) is 20.3. The first-order valence-electron chi connectivity index (χ1n) is 7.27. The molecule has 1 aliphatic heterocycles. The highest BCUT2D eigenvalue weighted by molar-refractivity contribution is 5.81. The Morgan fingerprint density at radius 2 is 2.25 bits per heavy atom. The smallest absolute Gasteiger partial charge is 0.238 e. The number of hydrogen-bond acceptors (Lipinski definition) is 3. The van der Waals surface area contributed by atoms with Crippen LogP contribution in [0.3, 0.4) is 0 Å². The Hall–Kier alpha value is -1.55. The van der Waals surface area contributed by atoms with Crippen LogP contribution in [0, 0.1) is 6.92 Å². The Balaban J connectivity index is 2.26. The molecule has 1 aromatic carbocycles. The summed E-state index contributed by atoms with van der Waals surface area (Å²) in [5.41, 5.74) is 2.21. The van der Waals surface area contributed by atoms with Gasteiger partial charge in [0.1, 0.15) is 11.9 Å². The molecule has 1 heterocycles. The number of rotatable bonds is 5. The molecule has 0 aromatic heterocycles. The third kappa shape index (κ3) is 2.80. The van der Waals surface area contributed by atoms with E-state index in [4.69, 9.17) is 4.74 Å². The first-order chi connectivity index (χ1) is 9.58. The summed E-state index contributed by atoms with van der Waals surface area (Å²) in [7, 11) is 1.68. The van der Waals surface area contributed by atoms with Crippen LogP contribution in [-0.2, 0) is 4.79 Å². The maximum atomic E-state index is 12.1. The van der Waals surface area contributed by atoms with Crippen molar-refractivity contribution in [2.75, 3.05) is 13.7 Å². The molecule has 4 heteroatoms. The molecular formula is C16H24N2O2. The van der Waals surface area contributed by atoms with Gasteiger partial charge in [0.2, 0.25) is 5.91 Å². The number of methoxy groups -OCH3 is 1. The van der Waals surface area contributed by atoms with E-state index in [9.17, 15) is 4.79 Å². The molecule has 20 heavy (non-hydrogen) atoms. The van der Waals surface area contributed by atoms with Crippen molar-refractivity contribution in [1.29, 1.82) is 0 Å². The highest BCUT2D eigenvalue weighted by atomic mass is 16.5. The highest BCUT2D eigenvalue weighted by Gasteiger charge is 2.34. The first-order valence-corrected chi connectivity index (χ1v) is 7.27. The standard InChI is InChI=1S/C16H24N2O2/c1-5-6-12(3)18-15(19)10-17-16(18)13-7-8-14(20-4)11(2)9-13/h7-9,12,16-17H,5-6,10H2,1-4H3. The van der Waals surface area contributed by atoms with Gasteiger partial charge in [-0.1, -0.05) is 19.4 Å². The lowest BCUT2D eigenvalue weighted by atomic mass is 10.1. The summed E-state index contributed by atoms with van der Waals surface area (Å²) in [5, 5.41) is 3.31. The summed E-state index contributed by atoms with van der Waals surface area (Å²) in [6.07, 6.45) is 2.09. The Labute approximate surface area is 121 Å². The molecule has 4 nitrogen and oxygen atoms in total. The third-order valence-electron chi connectivity index (χ3n) is 3.93. The molecule has 0 spiro atoms. The van der Waals surface area contributed by atoms with Crippen LogP contribution in [0.4, 0.5) is 0 Å². The lowest BCUT2D eigenvalue weighted by Gasteiger charge is -2.31. The highest BCUT2D eigenvalue weighted by Crippen LogP contribution is 2.29. The van der Waals surface area contributed by atoms with Crippen molar-refractivity contribution in [2.24, 2.45) is 0 Å². The van der Waals surface area contributed by atoms with Gasteiger partial charge in [-0.15, -0.1) is 0 Å². The summed E-state index contributed by atoms with van der Waals surface area (Å²) < 4.78 is 5.30. The second kappa shape index (κ2) is 6.27. The second-order valence-electron chi connectivity index (χ2n) is 5.45. The molecule has 110 valence electrons. The van der Waals surface area contributed by atoms with E-state index in [1.807, 2.05) is 24.0 Å². The van der Waals surface area contributed by atoms with E-state index >= 15 is 0 Å². The SMILES string of the molecule is CCCC(C)N1C(=O)CNC1c1ccc(OC)c(C)c1. The van der Waals surface area contributed by atoms with Crippen LogP contribution in [0.2, 0.25) is 0 Å². The van der Waals surface area contributed by atoms with Crippen molar-refractivity contribution in [3.05, 3.63) is 29.3 Å². The zero-order chi connectivity index (χ0) is 14.7. The molecule has 0 aliphatic carbocycles. The van der Waals surface area contributed by atoms with Gasteiger partial charge in [0.05, 0.1) is 13.7 Å². The predicted molar refractivity (Wildman–Crippen MR) is 79.7 cm³/mol. The van der Waals surface area contributed by atoms with Crippen LogP contribution in [0.25, 0.3) is 0 Å². The summed E-state index contributed by atoms with van der Waals surface area (Å²) >= 11 is 0. The minimum atomic E-state index is -0.0198. The van der Waals surface area contributed by atoms with Crippen LogP contribution in [0.15, 0.2) is 18.2 Å². The Kier molecular flexibility index (Phi) is 4.65. The molecule has 2 unspecified atom stereocenters. The zero-order valence-corrected chi connectivity index (χ0v) is 12.8. The van der Waals surface area contributed by atoms with Crippen molar-refractivity contribution in [3.63, 3.8) is 0 Å². The maximum absolute atomic E-state index is 12.1. The number of amides is 1. The number of carbonyl (C=O) groups is 1. The fourth-order valence-corrected chi connectivity index (χ4v) is 2.92. The van der Waals surface area contributed by atoms with Crippen LogP contribution < -0.4 is 10.1 Å². The van der Waals surface area contributed by atoms with E-state index in [1.54, 1.807) is 7.11 Å². The van der Waals surface area contributed by atoms with Gasteiger partial charge in [-0.25, -0.2) is 0 Å². The Morgan fingerprint density at radius 1 is 1.50 bits per heavy atom. The molecule has 1 saturated heterocycles. The lowest BCUT2D eigenvalue weighted by molar-refractivity contribution is -0.130. The maximum Gasteiger partial charge on any atom is 0.238 e. The molecule has 0 saturated carbocycles. The number of benzene rings is 1. The van der Waals surface area contributed by atoms with Gasteiger partial charge in [-0.2, -0.15) is 0 Å². The number of hydrogen-bond donors (Lipinski definition) is 1. The topological polar surface area (TPSA) is 41.6 Å². The molecule has 1 amide bonds. The summed E-state index contributed by atoms with van der Waals surface area (Å²) in [6, 6.07) is 6.36. The minimum Gasteiger partial charge on any atom is -0.496 e. The van der Waals surface area contributed by atoms with Crippen LogP contribution in [-0.4, -0.2) is 30.5 Å². The summed E-state index contributed by atoms with van der Waals surface area (Å²) in [4.78, 5) is 14.1. The van der Waals surface area contributed by atoms with Gasteiger partial charge >= 0.3 is 0 Å². The molecule has 2 atom stereocenters. The molecule has 1 aliphatic rings. The predicted octanol–water partition coefficient (Wildman–Crippen LogP) is 2.62. The fraction of sp³-hybridized carbons (Fsp3) is 0.562. The molecule has 0 radical (unpaired) electrons. The van der Waals surface area contributed by atoms with Gasteiger partial charge in [0.25, 0.3) is 0 Å². The Morgan fingerprint density at radius 3 is 2.85 bits per heavy atom. The van der Waals surface area contributed by atoms with Crippen LogP contribution >= 0.6 is 0 Å². The van der Waals surface area contributed by atoms with Crippen molar-refractivity contribution in [3.8, 4) is 5.75 Å². The van der Waals surface area contributed by atoms with Crippen molar-refractivity contribution >= 4 is 5.91 Å². The van der Waals surface area contributed by atoms with E-state index < -0.39 is 0 Å². The quantitative estimate of drug-likeness (QED) is 0.899. The van der Waals surface area contributed by atoms with Crippen molar-refractivity contribution < 1.29 is 9.53 Å². The van der Waals surface area contributed by atoms with Gasteiger partial charge in [-0.3, -0.25) is 10.1 Å². The molecule has 2 rings (SSSR count). The largest absolute Gasteiger partial charge is 0.496 e. The number of nitrogens with zero attached hydrogens (tertiary/aromatic N) is 1.